The van der Waals surface area contributed by atoms with Gasteiger partial charge in [0.15, 0.2) is 0 Å². The third-order valence-corrected chi connectivity index (χ3v) is 9.22. The Morgan fingerprint density at radius 2 is 0.889 bits per heavy atom. The highest BCUT2D eigenvalue weighted by Gasteiger charge is 2.27. The quantitative estimate of drug-likeness (QED) is 0.239. The molecule has 0 saturated heterocycles. The molecule has 0 amide bonds. The lowest BCUT2D eigenvalue weighted by Gasteiger charge is -2.27. The second-order valence-electron chi connectivity index (χ2n) is 9.03. The fourth-order valence-corrected chi connectivity index (χ4v) is 7.65. The molecule has 0 bridgehead atoms. The number of hydrogen-bond acceptors (Lipinski definition) is 4. The minimum absolute atomic E-state index is 1.01. The average Bonchev–Trinajstić information content (AvgIpc) is 2.95. The van der Waals surface area contributed by atoms with Crippen LogP contribution in [0.3, 0.4) is 0 Å². The summed E-state index contributed by atoms with van der Waals surface area (Å²) in [6.07, 6.45) is 3.71. The van der Waals surface area contributed by atoms with Crippen LogP contribution in [0.4, 0.5) is 0 Å². The van der Waals surface area contributed by atoms with E-state index in [1.165, 1.54) is 52.6 Å². The normalized spacial score (nSPS) is 12.8. The first-order valence-electron chi connectivity index (χ1n) is 11.9. The molecule has 0 N–H and O–H groups in total. The van der Waals surface area contributed by atoms with Crippen molar-refractivity contribution in [1.82, 2.24) is 9.97 Å². The summed E-state index contributed by atoms with van der Waals surface area (Å²) in [5.41, 5.74) is 9.58. The van der Waals surface area contributed by atoms with Crippen molar-refractivity contribution in [2.75, 3.05) is 0 Å². The summed E-state index contributed by atoms with van der Waals surface area (Å²) in [4.78, 5) is 14.3. The summed E-state index contributed by atoms with van der Waals surface area (Å²) >= 11 is 3.74. The van der Waals surface area contributed by atoms with Crippen molar-refractivity contribution in [3.63, 3.8) is 0 Å². The van der Waals surface area contributed by atoms with E-state index < -0.39 is 0 Å². The zero-order chi connectivity index (χ0) is 23.6. The summed E-state index contributed by atoms with van der Waals surface area (Å²) < 4.78 is 0. The number of nitrogens with zero attached hydrogens (tertiary/aromatic N) is 2. The Morgan fingerprint density at radius 3 is 1.33 bits per heavy atom. The Bertz CT molecular complexity index is 1690. The number of pyridine rings is 2. The first kappa shape index (κ1) is 20.3. The molecule has 0 atom stereocenters. The van der Waals surface area contributed by atoms with Gasteiger partial charge >= 0.3 is 0 Å². The van der Waals surface area contributed by atoms with Gasteiger partial charge in [-0.25, -0.2) is 0 Å². The van der Waals surface area contributed by atoms with Gasteiger partial charge in [-0.2, -0.15) is 0 Å². The number of aromatic nitrogens is 2. The second-order valence-corrected chi connectivity index (χ2v) is 11.2. The Balaban J connectivity index is 1.30. The van der Waals surface area contributed by atoms with Crippen molar-refractivity contribution in [2.24, 2.45) is 0 Å². The summed E-state index contributed by atoms with van der Waals surface area (Å²) in [6.45, 7) is 0. The second kappa shape index (κ2) is 7.82. The molecule has 2 nitrogen and oxygen atoms in total. The van der Waals surface area contributed by atoms with Crippen molar-refractivity contribution in [2.45, 2.75) is 19.6 Å². The molecule has 2 aliphatic rings. The summed E-state index contributed by atoms with van der Waals surface area (Å²) in [6, 6.07) is 34.9. The molecule has 4 heteroatoms. The standard InChI is InChI=1S/C32H18N2S2/c1-3-15-33-25(5-1)19-7-9-21-23-11-12-24-22-10-8-20(26-6-2-4-16-34-26)18-30(22)36-28-14-13-27(31(23)32(24)28)35-29(21)17-19/h1-18H. The molecule has 0 aliphatic carbocycles. The van der Waals surface area contributed by atoms with Gasteiger partial charge in [-0.15, -0.1) is 0 Å². The molecule has 8 rings (SSSR count). The molecular weight excluding hydrogens is 477 g/mol. The molecule has 2 aromatic heterocycles. The Morgan fingerprint density at radius 1 is 0.417 bits per heavy atom. The molecule has 0 saturated carbocycles. The third-order valence-electron chi connectivity index (χ3n) is 6.99. The Labute approximate surface area is 217 Å². The predicted octanol–water partition coefficient (Wildman–Crippen LogP) is 9.23. The zero-order valence-corrected chi connectivity index (χ0v) is 20.7. The lowest BCUT2D eigenvalue weighted by Crippen LogP contribution is -1.99. The Kier molecular flexibility index (Phi) is 4.42. The van der Waals surface area contributed by atoms with E-state index in [4.69, 9.17) is 0 Å². The molecule has 36 heavy (non-hydrogen) atoms. The van der Waals surface area contributed by atoms with Crippen molar-refractivity contribution in [3.8, 4) is 44.8 Å². The van der Waals surface area contributed by atoms with Crippen LogP contribution in [0.15, 0.2) is 129 Å². The highest BCUT2D eigenvalue weighted by Crippen LogP contribution is 2.56. The van der Waals surface area contributed by atoms with Gasteiger partial charge in [0.1, 0.15) is 0 Å². The molecule has 0 spiro atoms. The van der Waals surface area contributed by atoms with E-state index in [0.29, 0.717) is 0 Å². The van der Waals surface area contributed by atoms with Crippen LogP contribution in [0.5, 0.6) is 0 Å². The number of hydrogen-bond donors (Lipinski definition) is 0. The van der Waals surface area contributed by atoms with Crippen molar-refractivity contribution in [3.05, 3.63) is 109 Å². The molecule has 4 heterocycles. The van der Waals surface area contributed by atoms with E-state index in [0.717, 1.165) is 22.5 Å². The number of rotatable bonds is 2. The van der Waals surface area contributed by atoms with E-state index in [9.17, 15) is 0 Å². The molecular formula is C32H18N2S2. The van der Waals surface area contributed by atoms with Crippen LogP contribution in [0.2, 0.25) is 0 Å². The van der Waals surface area contributed by atoms with Gasteiger partial charge in [0.2, 0.25) is 0 Å². The average molecular weight is 495 g/mol. The SMILES string of the molecule is c1ccc(-c2ccc3c(c2)Sc2ccc4c5c(ccc-3c25)-c2ccc(-c3ccccn3)cc2S4)nc1. The summed E-state index contributed by atoms with van der Waals surface area (Å²) in [5, 5.41) is 2.75. The van der Waals surface area contributed by atoms with Crippen LogP contribution in [0, 0.1) is 0 Å². The number of benzene rings is 4. The van der Waals surface area contributed by atoms with Crippen molar-refractivity contribution >= 4 is 34.3 Å². The van der Waals surface area contributed by atoms with Crippen LogP contribution < -0.4 is 0 Å². The minimum atomic E-state index is 1.01. The number of fused-ring (bicyclic) bond motifs is 4. The maximum Gasteiger partial charge on any atom is 0.0702 e. The first-order valence-corrected chi connectivity index (χ1v) is 13.5. The monoisotopic (exact) mass is 494 g/mol. The van der Waals surface area contributed by atoms with Crippen LogP contribution in [0.1, 0.15) is 0 Å². The molecule has 168 valence electrons. The van der Waals surface area contributed by atoms with Gasteiger partial charge in [-0.3, -0.25) is 9.97 Å². The highest BCUT2D eigenvalue weighted by atomic mass is 32.2. The van der Waals surface area contributed by atoms with Gasteiger partial charge in [0.25, 0.3) is 0 Å². The summed E-state index contributed by atoms with van der Waals surface area (Å²) in [5.74, 6) is 0. The zero-order valence-electron chi connectivity index (χ0n) is 19.1. The topological polar surface area (TPSA) is 25.8 Å². The molecule has 0 fully saturated rings. The van der Waals surface area contributed by atoms with Crippen LogP contribution in [0.25, 0.3) is 55.5 Å². The van der Waals surface area contributed by atoms with Gasteiger partial charge < -0.3 is 0 Å². The highest BCUT2D eigenvalue weighted by molar-refractivity contribution is 8.00. The Hall–Kier alpha value is -3.86. The maximum absolute atomic E-state index is 4.55. The van der Waals surface area contributed by atoms with Crippen molar-refractivity contribution in [1.29, 1.82) is 0 Å². The van der Waals surface area contributed by atoms with E-state index in [-0.39, 0.29) is 0 Å². The van der Waals surface area contributed by atoms with Crippen LogP contribution in [-0.4, -0.2) is 9.97 Å². The maximum atomic E-state index is 4.55. The van der Waals surface area contributed by atoms with Gasteiger partial charge in [0, 0.05) is 53.9 Å². The van der Waals surface area contributed by atoms with Gasteiger partial charge in [-0.05, 0) is 70.8 Å². The van der Waals surface area contributed by atoms with E-state index in [1.807, 2.05) is 60.2 Å². The fraction of sp³-hybridized carbons (Fsp3) is 0. The van der Waals surface area contributed by atoms with E-state index >= 15 is 0 Å². The van der Waals surface area contributed by atoms with Crippen LogP contribution >= 0.6 is 23.5 Å². The van der Waals surface area contributed by atoms with E-state index in [2.05, 4.69) is 82.8 Å². The predicted molar refractivity (Wildman–Crippen MR) is 150 cm³/mol. The largest absolute Gasteiger partial charge is 0.256 e. The molecule has 6 aromatic rings. The molecule has 0 unspecified atom stereocenters. The van der Waals surface area contributed by atoms with Crippen molar-refractivity contribution < 1.29 is 0 Å². The smallest absolute Gasteiger partial charge is 0.0702 e. The van der Waals surface area contributed by atoms with E-state index in [1.54, 1.807) is 0 Å². The minimum Gasteiger partial charge on any atom is -0.256 e. The lowest BCUT2D eigenvalue weighted by atomic mass is 9.90. The lowest BCUT2D eigenvalue weighted by molar-refractivity contribution is 1.30. The molecule has 2 aliphatic heterocycles. The fourth-order valence-electron chi connectivity index (χ4n) is 5.33. The molecule has 0 radical (unpaired) electrons. The third kappa shape index (κ3) is 3.01. The van der Waals surface area contributed by atoms with Gasteiger partial charge in [-0.1, -0.05) is 72.1 Å². The van der Waals surface area contributed by atoms with Gasteiger partial charge in [0.05, 0.1) is 11.4 Å². The summed E-state index contributed by atoms with van der Waals surface area (Å²) in [7, 11) is 0. The first-order chi connectivity index (χ1) is 17.8. The van der Waals surface area contributed by atoms with Crippen LogP contribution in [-0.2, 0) is 0 Å². The molecule has 4 aromatic carbocycles.